The van der Waals surface area contributed by atoms with E-state index in [1.807, 2.05) is 6.07 Å². The quantitative estimate of drug-likeness (QED) is 0.633. The first-order valence-electron chi connectivity index (χ1n) is 11.0. The van der Waals surface area contributed by atoms with Crippen molar-refractivity contribution in [3.63, 3.8) is 0 Å². The molecule has 1 N–H and O–H groups in total. The number of rotatable bonds is 6. The van der Waals surface area contributed by atoms with Crippen LogP contribution in [-0.2, 0) is 24.4 Å². The molecule has 0 radical (unpaired) electrons. The summed E-state index contributed by atoms with van der Waals surface area (Å²) in [5.41, 5.74) is 1.15. The molecule has 2 aliphatic rings. The SMILES string of the molecule is CC(=O)Nc1ccc(S(=O)(=O)N(C2CCCC2)C2CC(=O)N(c3ccc(C#N)cc3)C2=O)cc1. The zero-order valence-electron chi connectivity index (χ0n) is 18.6. The number of benzene rings is 2. The topological polar surface area (TPSA) is 128 Å². The molecular formula is C24H24N4O5S. The summed E-state index contributed by atoms with van der Waals surface area (Å²) in [5.74, 6) is -1.36. The van der Waals surface area contributed by atoms with Gasteiger partial charge in [0.2, 0.25) is 21.8 Å². The van der Waals surface area contributed by atoms with Crippen molar-refractivity contribution in [2.45, 2.75) is 56.0 Å². The third kappa shape index (κ3) is 4.44. The van der Waals surface area contributed by atoms with Crippen LogP contribution in [0.2, 0.25) is 0 Å². The van der Waals surface area contributed by atoms with Crippen LogP contribution in [0.5, 0.6) is 0 Å². The summed E-state index contributed by atoms with van der Waals surface area (Å²) >= 11 is 0. The maximum absolute atomic E-state index is 13.7. The van der Waals surface area contributed by atoms with Crippen molar-refractivity contribution in [3.05, 3.63) is 54.1 Å². The van der Waals surface area contributed by atoms with Gasteiger partial charge in [0.15, 0.2) is 0 Å². The smallest absolute Gasteiger partial charge is 0.252 e. The average molecular weight is 481 g/mol. The van der Waals surface area contributed by atoms with Gasteiger partial charge in [0.25, 0.3) is 5.91 Å². The zero-order chi connectivity index (χ0) is 24.5. The maximum atomic E-state index is 13.7. The first-order chi connectivity index (χ1) is 16.2. The van der Waals surface area contributed by atoms with Crippen molar-refractivity contribution in [1.29, 1.82) is 5.26 Å². The van der Waals surface area contributed by atoms with Crippen LogP contribution >= 0.6 is 0 Å². The van der Waals surface area contributed by atoms with Crippen molar-refractivity contribution in [1.82, 2.24) is 4.31 Å². The second-order valence-electron chi connectivity index (χ2n) is 8.42. The Balaban J connectivity index is 1.68. The van der Waals surface area contributed by atoms with Gasteiger partial charge in [0.05, 0.1) is 28.6 Å². The second-order valence-corrected chi connectivity index (χ2v) is 10.3. The van der Waals surface area contributed by atoms with Gasteiger partial charge in [-0.2, -0.15) is 9.57 Å². The van der Waals surface area contributed by atoms with E-state index in [0.717, 1.165) is 17.7 Å². The number of hydrogen-bond acceptors (Lipinski definition) is 6. The molecule has 176 valence electrons. The normalized spacial score (nSPS) is 19.0. The van der Waals surface area contributed by atoms with E-state index in [1.54, 1.807) is 0 Å². The summed E-state index contributed by atoms with van der Waals surface area (Å²) in [6.07, 6.45) is 2.65. The number of carbonyl (C=O) groups excluding carboxylic acids is 3. The van der Waals surface area contributed by atoms with E-state index in [9.17, 15) is 22.8 Å². The third-order valence-electron chi connectivity index (χ3n) is 6.12. The van der Waals surface area contributed by atoms with Crippen LogP contribution < -0.4 is 10.2 Å². The van der Waals surface area contributed by atoms with Gasteiger partial charge in [-0.25, -0.2) is 13.3 Å². The number of hydrogen-bond donors (Lipinski definition) is 1. The lowest BCUT2D eigenvalue weighted by molar-refractivity contribution is -0.122. The lowest BCUT2D eigenvalue weighted by Crippen LogP contribution is -2.49. The van der Waals surface area contributed by atoms with Crippen molar-refractivity contribution < 1.29 is 22.8 Å². The van der Waals surface area contributed by atoms with E-state index in [-0.39, 0.29) is 23.3 Å². The van der Waals surface area contributed by atoms with Gasteiger partial charge in [0, 0.05) is 18.7 Å². The van der Waals surface area contributed by atoms with E-state index >= 15 is 0 Å². The molecule has 0 bridgehead atoms. The summed E-state index contributed by atoms with van der Waals surface area (Å²) in [6.45, 7) is 1.36. The third-order valence-corrected chi connectivity index (χ3v) is 8.09. The number of nitrogens with zero attached hydrogens (tertiary/aromatic N) is 3. The molecule has 0 aromatic heterocycles. The molecule has 3 amide bonds. The maximum Gasteiger partial charge on any atom is 0.252 e. The highest BCUT2D eigenvalue weighted by molar-refractivity contribution is 7.89. The van der Waals surface area contributed by atoms with E-state index in [4.69, 9.17) is 5.26 Å². The molecule has 1 unspecified atom stereocenters. The van der Waals surface area contributed by atoms with Crippen LogP contribution in [0, 0.1) is 11.3 Å². The monoisotopic (exact) mass is 480 g/mol. The van der Waals surface area contributed by atoms with Crippen LogP contribution in [0.15, 0.2) is 53.4 Å². The average Bonchev–Trinajstić information content (AvgIpc) is 3.42. The predicted molar refractivity (Wildman–Crippen MR) is 124 cm³/mol. The fraction of sp³-hybridized carbons (Fsp3) is 0.333. The fourth-order valence-electron chi connectivity index (χ4n) is 4.58. The molecule has 2 aromatic rings. The van der Waals surface area contributed by atoms with E-state index < -0.39 is 27.9 Å². The Morgan fingerprint density at radius 3 is 2.24 bits per heavy atom. The van der Waals surface area contributed by atoms with Crippen LogP contribution in [-0.4, -0.2) is 42.5 Å². The Labute approximate surface area is 198 Å². The van der Waals surface area contributed by atoms with Crippen LogP contribution in [0.25, 0.3) is 0 Å². The standard InChI is InChI=1S/C24H24N4O5S/c1-16(29)26-18-8-12-21(13-9-18)34(32,33)28(20-4-2-3-5-20)22-14-23(30)27(24(22)31)19-10-6-17(15-25)7-11-19/h6-13,20,22H,2-5,14H2,1H3,(H,26,29). The number of nitrogens with one attached hydrogen (secondary N) is 1. The Kier molecular flexibility index (Phi) is 6.50. The lowest BCUT2D eigenvalue weighted by atomic mass is 10.1. The number of nitriles is 1. The summed E-state index contributed by atoms with van der Waals surface area (Å²) in [4.78, 5) is 38.5. The molecule has 1 saturated carbocycles. The summed E-state index contributed by atoms with van der Waals surface area (Å²) < 4.78 is 28.7. The number of anilines is 2. The van der Waals surface area contributed by atoms with Gasteiger partial charge in [-0.1, -0.05) is 12.8 Å². The molecule has 2 aromatic carbocycles. The van der Waals surface area contributed by atoms with Gasteiger partial charge in [-0.15, -0.1) is 0 Å². The largest absolute Gasteiger partial charge is 0.326 e. The van der Waals surface area contributed by atoms with Crippen LogP contribution in [0.3, 0.4) is 0 Å². The highest BCUT2D eigenvalue weighted by atomic mass is 32.2. The minimum Gasteiger partial charge on any atom is -0.326 e. The molecule has 0 spiro atoms. The van der Waals surface area contributed by atoms with Crippen molar-refractivity contribution in [3.8, 4) is 6.07 Å². The lowest BCUT2D eigenvalue weighted by Gasteiger charge is -2.32. The molecule has 1 atom stereocenters. The molecule has 1 aliphatic carbocycles. The number of amides is 3. The van der Waals surface area contributed by atoms with Gasteiger partial charge in [0.1, 0.15) is 6.04 Å². The second kappa shape index (κ2) is 9.37. The highest BCUT2D eigenvalue weighted by Crippen LogP contribution is 2.35. The molecule has 2 fully saturated rings. The number of imide groups is 1. The Bertz CT molecular complexity index is 1260. The van der Waals surface area contributed by atoms with Crippen molar-refractivity contribution >= 4 is 39.1 Å². The molecular weight excluding hydrogens is 456 g/mol. The van der Waals surface area contributed by atoms with Gasteiger partial charge >= 0.3 is 0 Å². The molecule has 1 saturated heterocycles. The number of sulfonamides is 1. The summed E-state index contributed by atoms with van der Waals surface area (Å²) in [7, 11) is -4.11. The van der Waals surface area contributed by atoms with Gasteiger partial charge in [-0.05, 0) is 61.4 Å². The number of carbonyl (C=O) groups is 3. The Hall–Kier alpha value is -3.55. The molecule has 34 heavy (non-hydrogen) atoms. The van der Waals surface area contributed by atoms with Crippen molar-refractivity contribution in [2.24, 2.45) is 0 Å². The summed E-state index contributed by atoms with van der Waals surface area (Å²) in [6, 6.07) is 12.2. The van der Waals surface area contributed by atoms with Crippen molar-refractivity contribution in [2.75, 3.05) is 10.2 Å². The van der Waals surface area contributed by atoms with Crippen LogP contribution in [0.4, 0.5) is 11.4 Å². The fourth-order valence-corrected chi connectivity index (χ4v) is 6.41. The molecule has 9 nitrogen and oxygen atoms in total. The minimum absolute atomic E-state index is 0.00873. The Morgan fingerprint density at radius 1 is 1.06 bits per heavy atom. The predicted octanol–water partition coefficient (Wildman–Crippen LogP) is 2.78. The van der Waals surface area contributed by atoms with Crippen LogP contribution in [0.1, 0.15) is 44.6 Å². The first kappa shape index (κ1) is 23.6. The molecule has 10 heteroatoms. The Morgan fingerprint density at radius 2 is 1.68 bits per heavy atom. The molecule has 1 heterocycles. The highest BCUT2D eigenvalue weighted by Gasteiger charge is 2.49. The minimum atomic E-state index is -4.11. The van der Waals surface area contributed by atoms with Gasteiger partial charge < -0.3 is 5.32 Å². The van der Waals surface area contributed by atoms with E-state index in [1.165, 1.54) is 59.8 Å². The first-order valence-corrected chi connectivity index (χ1v) is 12.4. The van der Waals surface area contributed by atoms with E-state index in [2.05, 4.69) is 5.32 Å². The summed E-state index contributed by atoms with van der Waals surface area (Å²) in [5, 5.41) is 11.6. The van der Waals surface area contributed by atoms with E-state index in [0.29, 0.717) is 29.8 Å². The van der Waals surface area contributed by atoms with Gasteiger partial charge in [-0.3, -0.25) is 14.4 Å². The molecule has 1 aliphatic heterocycles. The zero-order valence-corrected chi connectivity index (χ0v) is 19.4. The molecule has 4 rings (SSSR count).